The van der Waals surface area contributed by atoms with Crippen molar-refractivity contribution < 1.29 is 0 Å². The molecule has 0 bridgehead atoms. The molecule has 0 aliphatic heterocycles. The molecule has 48 heavy (non-hydrogen) atoms. The molecule has 0 spiro atoms. The van der Waals surface area contributed by atoms with Gasteiger partial charge in [-0.25, -0.2) is 0 Å². The monoisotopic (exact) mass is 620 g/mol. The fourth-order valence-corrected chi connectivity index (χ4v) is 7.31. The third-order valence-electron chi connectivity index (χ3n) is 9.73. The van der Waals surface area contributed by atoms with Crippen LogP contribution in [-0.4, -0.2) is 0 Å². The minimum absolute atomic E-state index is 0.445. The molecule has 234 valence electrons. The first-order valence-electron chi connectivity index (χ1n) is 17.0. The van der Waals surface area contributed by atoms with Crippen molar-refractivity contribution >= 4 is 61.7 Å². The Labute approximate surface area is 284 Å². The highest BCUT2D eigenvalue weighted by Gasteiger charge is 2.25. The number of allylic oxidation sites excluding steroid dienone is 1. The highest BCUT2D eigenvalue weighted by molar-refractivity contribution is 6.17. The molecule has 0 heterocycles. The fourth-order valence-electron chi connectivity index (χ4n) is 7.31. The second-order valence-corrected chi connectivity index (χ2v) is 13.4. The predicted octanol–water partition coefficient (Wildman–Crippen LogP) is 13.1. The van der Waals surface area contributed by atoms with Gasteiger partial charge >= 0.3 is 0 Å². The summed E-state index contributed by atoms with van der Waals surface area (Å²) in [6, 6.07) is 51.4. The number of fused-ring (bicyclic) bond motifs is 5. The number of para-hydroxylation sites is 1. The van der Waals surface area contributed by atoms with Gasteiger partial charge in [-0.3, -0.25) is 0 Å². The molecule has 7 aromatic rings. The maximum atomic E-state index is 2.47. The van der Waals surface area contributed by atoms with Crippen molar-refractivity contribution in [3.05, 3.63) is 173 Å². The summed E-state index contributed by atoms with van der Waals surface area (Å²) in [5, 5.41) is 5.10. The van der Waals surface area contributed by atoms with E-state index in [4.69, 9.17) is 0 Å². The molecule has 1 aliphatic carbocycles. The summed E-state index contributed by atoms with van der Waals surface area (Å²) in [6.45, 7) is 8.81. The number of hydrogen-bond donors (Lipinski definition) is 0. The molecule has 1 atom stereocenters. The maximum Gasteiger partial charge on any atom is 0.0546 e. The van der Waals surface area contributed by atoms with E-state index in [1.807, 2.05) is 0 Å². The van der Waals surface area contributed by atoms with Crippen LogP contribution >= 0.6 is 0 Å². The van der Waals surface area contributed by atoms with E-state index in [-0.39, 0.29) is 0 Å². The topological polar surface area (TPSA) is 6.48 Å². The van der Waals surface area contributed by atoms with Gasteiger partial charge in [0.1, 0.15) is 0 Å². The van der Waals surface area contributed by atoms with Crippen molar-refractivity contribution in [1.82, 2.24) is 0 Å². The molecule has 1 aliphatic rings. The van der Waals surface area contributed by atoms with Crippen LogP contribution in [0.15, 0.2) is 146 Å². The van der Waals surface area contributed by atoms with E-state index in [0.717, 1.165) is 29.2 Å². The minimum Gasteiger partial charge on any atom is -0.310 e. The summed E-state index contributed by atoms with van der Waals surface area (Å²) in [5.74, 6) is 0.445. The third-order valence-corrected chi connectivity index (χ3v) is 9.73. The van der Waals surface area contributed by atoms with Crippen LogP contribution in [0.2, 0.25) is 0 Å². The predicted molar refractivity (Wildman–Crippen MR) is 207 cm³/mol. The van der Waals surface area contributed by atoms with Crippen LogP contribution in [0.25, 0.3) is 27.6 Å². The van der Waals surface area contributed by atoms with Gasteiger partial charge in [-0.1, -0.05) is 109 Å². The van der Waals surface area contributed by atoms with Crippen molar-refractivity contribution in [3.63, 3.8) is 0 Å². The lowest BCUT2D eigenvalue weighted by Gasteiger charge is -2.32. The number of rotatable bonds is 6. The Balaban J connectivity index is 1.46. The Morgan fingerprint density at radius 1 is 0.458 bits per heavy atom. The van der Waals surface area contributed by atoms with Crippen molar-refractivity contribution in [1.29, 1.82) is 0 Å². The van der Waals surface area contributed by atoms with Gasteiger partial charge in [0, 0.05) is 33.7 Å². The van der Waals surface area contributed by atoms with E-state index in [0.29, 0.717) is 5.92 Å². The molecule has 7 aromatic carbocycles. The lowest BCUT2D eigenvalue weighted by atomic mass is 9.84. The standard InChI is InChI=1S/C46H40N2/c1-31-17-22-36(23-18-31)47(35-12-6-5-7-13-35)46-29-43-39-15-8-9-16-40(39)45(30-44(43)42-28-34(4)21-26-41(42)46)48(37-24-19-32(2)20-25-37)38-14-10-11-33(3)27-38/h5-27,29-30,34H,28H2,1-4H3/t34-/m0/s1. The lowest BCUT2D eigenvalue weighted by Crippen LogP contribution is -2.15. The van der Waals surface area contributed by atoms with Gasteiger partial charge in [-0.15, -0.1) is 0 Å². The van der Waals surface area contributed by atoms with Crippen LogP contribution in [-0.2, 0) is 6.42 Å². The molecule has 0 N–H and O–H groups in total. The molecule has 0 fully saturated rings. The highest BCUT2D eigenvalue weighted by Crippen LogP contribution is 2.48. The van der Waals surface area contributed by atoms with E-state index >= 15 is 0 Å². The Morgan fingerprint density at radius 2 is 1.02 bits per heavy atom. The Kier molecular flexibility index (Phi) is 7.57. The van der Waals surface area contributed by atoms with E-state index in [1.54, 1.807) is 0 Å². The van der Waals surface area contributed by atoms with Crippen molar-refractivity contribution in [2.45, 2.75) is 34.1 Å². The highest BCUT2D eigenvalue weighted by atomic mass is 15.2. The van der Waals surface area contributed by atoms with Crippen LogP contribution in [0.1, 0.15) is 34.7 Å². The van der Waals surface area contributed by atoms with Crippen LogP contribution < -0.4 is 9.80 Å². The quantitative estimate of drug-likeness (QED) is 0.171. The smallest absolute Gasteiger partial charge is 0.0546 e. The van der Waals surface area contributed by atoms with Crippen molar-refractivity contribution in [2.24, 2.45) is 5.92 Å². The zero-order valence-corrected chi connectivity index (χ0v) is 28.1. The molecule has 2 nitrogen and oxygen atoms in total. The number of benzene rings is 7. The normalized spacial score (nSPS) is 13.9. The second-order valence-electron chi connectivity index (χ2n) is 13.4. The van der Waals surface area contributed by atoms with Gasteiger partial charge < -0.3 is 9.80 Å². The molecule has 0 aromatic heterocycles. The largest absolute Gasteiger partial charge is 0.310 e. The Hall–Kier alpha value is -5.60. The van der Waals surface area contributed by atoms with Gasteiger partial charge in [-0.05, 0) is 121 Å². The molecule has 0 amide bonds. The Morgan fingerprint density at radius 3 is 1.69 bits per heavy atom. The van der Waals surface area contributed by atoms with Gasteiger partial charge in [0.2, 0.25) is 0 Å². The molecule has 0 radical (unpaired) electrons. The van der Waals surface area contributed by atoms with Crippen molar-refractivity contribution in [3.8, 4) is 0 Å². The molecule has 0 saturated heterocycles. The molecule has 2 heteroatoms. The third kappa shape index (κ3) is 5.34. The average Bonchev–Trinajstić information content (AvgIpc) is 3.11. The first kappa shape index (κ1) is 29.8. The number of aryl methyl sites for hydroxylation is 3. The van der Waals surface area contributed by atoms with E-state index < -0.39 is 0 Å². The van der Waals surface area contributed by atoms with Gasteiger partial charge in [0.05, 0.1) is 11.4 Å². The summed E-state index contributed by atoms with van der Waals surface area (Å²) in [4.78, 5) is 4.88. The number of anilines is 6. The van der Waals surface area contributed by atoms with Crippen molar-refractivity contribution in [2.75, 3.05) is 9.80 Å². The van der Waals surface area contributed by atoms with E-state index in [2.05, 4.69) is 189 Å². The SMILES string of the molecule is Cc1ccc(N(c2ccccc2)c2cc3c(cc(N(c4ccc(C)cc4)c4cccc(C)c4)c4ccccc43)c3c2C=C[C@H](C)C3)cc1. The first-order chi connectivity index (χ1) is 23.4. The van der Waals surface area contributed by atoms with Crippen LogP contribution in [0.5, 0.6) is 0 Å². The average molecular weight is 621 g/mol. The lowest BCUT2D eigenvalue weighted by molar-refractivity contribution is 0.721. The summed E-state index contributed by atoms with van der Waals surface area (Å²) >= 11 is 0. The van der Waals surface area contributed by atoms with Gasteiger partial charge in [0.15, 0.2) is 0 Å². The minimum atomic E-state index is 0.445. The number of nitrogens with zero attached hydrogens (tertiary/aromatic N) is 2. The Bertz CT molecular complexity index is 2300. The molecule has 8 rings (SSSR count). The molecular weight excluding hydrogens is 581 g/mol. The van der Waals surface area contributed by atoms with Crippen LogP contribution in [0, 0.1) is 26.7 Å². The van der Waals surface area contributed by atoms with E-state index in [1.165, 1.54) is 60.7 Å². The van der Waals surface area contributed by atoms with Gasteiger partial charge in [-0.2, -0.15) is 0 Å². The zero-order valence-electron chi connectivity index (χ0n) is 28.1. The summed E-state index contributed by atoms with van der Waals surface area (Å²) in [7, 11) is 0. The first-order valence-corrected chi connectivity index (χ1v) is 17.0. The second kappa shape index (κ2) is 12.2. The fraction of sp³-hybridized carbons (Fsp3) is 0.130. The summed E-state index contributed by atoms with van der Waals surface area (Å²) in [5.41, 5.74) is 13.5. The zero-order chi connectivity index (χ0) is 32.8. The maximum absolute atomic E-state index is 2.47. The number of hydrogen-bond acceptors (Lipinski definition) is 2. The molecule has 0 unspecified atom stereocenters. The van der Waals surface area contributed by atoms with Gasteiger partial charge in [0.25, 0.3) is 0 Å². The molecular formula is C46H40N2. The van der Waals surface area contributed by atoms with Crippen LogP contribution in [0.3, 0.4) is 0 Å². The molecule has 0 saturated carbocycles. The summed E-state index contributed by atoms with van der Waals surface area (Å²) < 4.78 is 0. The summed E-state index contributed by atoms with van der Waals surface area (Å²) in [6.07, 6.45) is 5.73. The van der Waals surface area contributed by atoms with E-state index in [9.17, 15) is 0 Å². The van der Waals surface area contributed by atoms with Crippen LogP contribution in [0.4, 0.5) is 34.1 Å².